The van der Waals surface area contributed by atoms with E-state index in [1.54, 1.807) is 12.1 Å². The van der Waals surface area contributed by atoms with Crippen molar-refractivity contribution in [2.45, 2.75) is 23.8 Å². The molecule has 0 bridgehead atoms. The number of benzene rings is 1. The standard InChI is InChI=1S/C15H15BrN2O4S2/c1-22-12-5-4-10(24(20,21)18-9-2-3-9)8-11(12)17-15(19)13-6-7-14(16)23-13/h4-9,18H,2-3H2,1H3,(H,17,19). The molecule has 1 aromatic heterocycles. The van der Waals surface area contributed by atoms with E-state index in [0.717, 1.165) is 16.6 Å². The first-order valence-corrected chi connectivity index (χ1v) is 10.3. The number of hydrogen-bond donors (Lipinski definition) is 2. The van der Waals surface area contributed by atoms with Crippen molar-refractivity contribution in [3.63, 3.8) is 0 Å². The Balaban J connectivity index is 1.87. The number of halogens is 1. The molecule has 3 rings (SSSR count). The van der Waals surface area contributed by atoms with Crippen LogP contribution >= 0.6 is 27.3 Å². The van der Waals surface area contributed by atoms with Gasteiger partial charge in [0.2, 0.25) is 10.0 Å². The maximum Gasteiger partial charge on any atom is 0.265 e. The van der Waals surface area contributed by atoms with Crippen molar-refractivity contribution in [1.29, 1.82) is 0 Å². The summed E-state index contributed by atoms with van der Waals surface area (Å²) in [6.45, 7) is 0. The van der Waals surface area contributed by atoms with E-state index >= 15 is 0 Å². The monoisotopic (exact) mass is 430 g/mol. The molecule has 2 aromatic rings. The molecule has 1 heterocycles. The zero-order valence-corrected chi connectivity index (χ0v) is 15.9. The van der Waals surface area contributed by atoms with Gasteiger partial charge in [-0.2, -0.15) is 0 Å². The molecule has 1 amide bonds. The van der Waals surface area contributed by atoms with Gasteiger partial charge in [0.05, 0.1) is 26.4 Å². The first-order valence-electron chi connectivity index (χ1n) is 7.16. The highest BCUT2D eigenvalue weighted by Gasteiger charge is 2.28. The van der Waals surface area contributed by atoms with Crippen LogP contribution in [-0.4, -0.2) is 27.5 Å². The van der Waals surface area contributed by atoms with Crippen molar-refractivity contribution in [3.05, 3.63) is 39.0 Å². The molecule has 128 valence electrons. The Kier molecular flexibility index (Phi) is 4.95. The number of hydrogen-bond acceptors (Lipinski definition) is 5. The van der Waals surface area contributed by atoms with Gasteiger partial charge in [0.25, 0.3) is 5.91 Å². The Morgan fingerprint density at radius 3 is 2.62 bits per heavy atom. The molecular formula is C15H15BrN2O4S2. The van der Waals surface area contributed by atoms with Crippen molar-refractivity contribution in [2.24, 2.45) is 0 Å². The fourth-order valence-electron chi connectivity index (χ4n) is 2.06. The normalized spacial score (nSPS) is 14.4. The van der Waals surface area contributed by atoms with Crippen LogP contribution in [0.1, 0.15) is 22.5 Å². The van der Waals surface area contributed by atoms with Crippen molar-refractivity contribution >= 4 is 48.9 Å². The zero-order chi connectivity index (χ0) is 17.3. The quantitative estimate of drug-likeness (QED) is 0.736. The molecule has 0 saturated heterocycles. The number of methoxy groups -OCH3 is 1. The maximum atomic E-state index is 12.3. The largest absolute Gasteiger partial charge is 0.495 e. The number of carbonyl (C=O) groups excluding carboxylic acids is 1. The van der Waals surface area contributed by atoms with Gasteiger partial charge in [-0.05, 0) is 59.1 Å². The van der Waals surface area contributed by atoms with Crippen LogP contribution < -0.4 is 14.8 Å². The van der Waals surface area contributed by atoms with Crippen LogP contribution in [0.2, 0.25) is 0 Å². The first-order chi connectivity index (χ1) is 11.4. The van der Waals surface area contributed by atoms with Crippen molar-refractivity contribution in [2.75, 3.05) is 12.4 Å². The highest BCUT2D eigenvalue weighted by Crippen LogP contribution is 2.30. The Morgan fingerprint density at radius 2 is 2.04 bits per heavy atom. The number of rotatable bonds is 6. The SMILES string of the molecule is COc1ccc(S(=O)(=O)NC2CC2)cc1NC(=O)c1ccc(Br)s1. The summed E-state index contributed by atoms with van der Waals surface area (Å²) in [5.41, 5.74) is 0.311. The predicted octanol–water partition coefficient (Wildman–Crippen LogP) is 3.21. The van der Waals surface area contributed by atoms with Gasteiger partial charge in [0, 0.05) is 6.04 Å². The molecule has 0 unspecified atom stereocenters. The van der Waals surface area contributed by atoms with Crippen molar-refractivity contribution in [1.82, 2.24) is 4.72 Å². The van der Waals surface area contributed by atoms with Crippen LogP contribution in [0.15, 0.2) is 39.0 Å². The molecule has 6 nitrogen and oxygen atoms in total. The second kappa shape index (κ2) is 6.83. The predicted molar refractivity (Wildman–Crippen MR) is 96.3 cm³/mol. The van der Waals surface area contributed by atoms with Gasteiger partial charge >= 0.3 is 0 Å². The molecule has 9 heteroatoms. The first kappa shape index (κ1) is 17.4. The fourth-order valence-corrected chi connectivity index (χ4v) is 4.67. The molecule has 0 spiro atoms. The van der Waals surface area contributed by atoms with E-state index in [1.807, 2.05) is 0 Å². The third kappa shape index (κ3) is 3.97. The molecule has 1 fully saturated rings. The van der Waals surface area contributed by atoms with Crippen LogP contribution in [0.3, 0.4) is 0 Å². The molecule has 1 aromatic carbocycles. The van der Waals surface area contributed by atoms with Crippen LogP contribution in [0.4, 0.5) is 5.69 Å². The van der Waals surface area contributed by atoms with E-state index in [0.29, 0.717) is 16.3 Å². The smallest absolute Gasteiger partial charge is 0.265 e. The molecule has 1 aliphatic carbocycles. The van der Waals surface area contributed by atoms with Gasteiger partial charge in [0.1, 0.15) is 5.75 Å². The van der Waals surface area contributed by atoms with Gasteiger partial charge in [-0.15, -0.1) is 11.3 Å². The molecular weight excluding hydrogens is 416 g/mol. The average molecular weight is 431 g/mol. The minimum Gasteiger partial charge on any atom is -0.495 e. The summed E-state index contributed by atoms with van der Waals surface area (Å²) in [5, 5.41) is 2.71. The lowest BCUT2D eigenvalue weighted by atomic mass is 10.3. The average Bonchev–Trinajstić information content (AvgIpc) is 3.23. The minimum atomic E-state index is -3.60. The Bertz CT molecular complexity index is 875. The Hall–Kier alpha value is -1.42. The molecule has 0 atom stereocenters. The van der Waals surface area contributed by atoms with Gasteiger partial charge in [-0.1, -0.05) is 0 Å². The van der Waals surface area contributed by atoms with Crippen molar-refractivity contribution < 1.29 is 17.9 Å². The maximum absolute atomic E-state index is 12.3. The van der Waals surface area contributed by atoms with Gasteiger partial charge in [-0.25, -0.2) is 13.1 Å². The highest BCUT2D eigenvalue weighted by molar-refractivity contribution is 9.11. The number of thiophene rings is 1. The number of anilines is 1. The number of nitrogens with one attached hydrogen (secondary N) is 2. The summed E-state index contributed by atoms with van der Waals surface area (Å²) in [5.74, 6) is 0.0676. The van der Waals surface area contributed by atoms with Gasteiger partial charge in [0.15, 0.2) is 0 Å². The molecule has 24 heavy (non-hydrogen) atoms. The highest BCUT2D eigenvalue weighted by atomic mass is 79.9. The summed E-state index contributed by atoms with van der Waals surface area (Å²) in [6.07, 6.45) is 1.71. The summed E-state index contributed by atoms with van der Waals surface area (Å²) < 4.78 is 33.3. The lowest BCUT2D eigenvalue weighted by Crippen LogP contribution is -2.25. The summed E-state index contributed by atoms with van der Waals surface area (Å²) in [4.78, 5) is 12.9. The third-order valence-electron chi connectivity index (χ3n) is 3.43. The number of amides is 1. The number of ether oxygens (including phenoxy) is 1. The van der Waals surface area contributed by atoms with Crippen LogP contribution in [0, 0.1) is 0 Å². The molecule has 2 N–H and O–H groups in total. The molecule has 1 aliphatic rings. The molecule has 0 radical (unpaired) electrons. The lowest BCUT2D eigenvalue weighted by Gasteiger charge is -2.12. The van der Waals surface area contributed by atoms with E-state index in [-0.39, 0.29) is 16.8 Å². The Labute approximate surface area is 152 Å². The van der Waals surface area contributed by atoms with E-state index in [1.165, 1.54) is 36.6 Å². The lowest BCUT2D eigenvalue weighted by molar-refractivity contribution is 0.103. The van der Waals surface area contributed by atoms with Crippen LogP contribution in [0.5, 0.6) is 5.75 Å². The minimum absolute atomic E-state index is 0.0126. The summed E-state index contributed by atoms with van der Waals surface area (Å²) in [7, 11) is -2.14. The summed E-state index contributed by atoms with van der Waals surface area (Å²) in [6, 6.07) is 7.87. The second-order valence-corrected chi connectivity index (χ2v) is 9.49. The molecule has 1 saturated carbocycles. The fraction of sp³-hybridized carbons (Fsp3) is 0.267. The third-order valence-corrected chi connectivity index (χ3v) is 6.57. The number of sulfonamides is 1. The second-order valence-electron chi connectivity index (χ2n) is 5.32. The van der Waals surface area contributed by atoms with E-state index in [4.69, 9.17) is 4.74 Å². The van der Waals surface area contributed by atoms with Crippen molar-refractivity contribution in [3.8, 4) is 5.75 Å². The summed E-state index contributed by atoms with van der Waals surface area (Å²) >= 11 is 4.59. The van der Waals surface area contributed by atoms with Gasteiger partial charge < -0.3 is 10.1 Å². The molecule has 0 aliphatic heterocycles. The van der Waals surface area contributed by atoms with E-state index in [9.17, 15) is 13.2 Å². The zero-order valence-electron chi connectivity index (χ0n) is 12.7. The van der Waals surface area contributed by atoms with Gasteiger partial charge in [-0.3, -0.25) is 4.79 Å². The van der Waals surface area contributed by atoms with E-state index in [2.05, 4.69) is 26.0 Å². The van der Waals surface area contributed by atoms with E-state index < -0.39 is 10.0 Å². The number of carbonyl (C=O) groups is 1. The van der Waals surface area contributed by atoms with Crippen LogP contribution in [0.25, 0.3) is 0 Å². The Morgan fingerprint density at radius 1 is 1.29 bits per heavy atom. The van der Waals surface area contributed by atoms with Crippen LogP contribution in [-0.2, 0) is 10.0 Å². The topological polar surface area (TPSA) is 84.5 Å².